The Morgan fingerprint density at radius 1 is 0.862 bits per heavy atom. The molecule has 1 heterocycles. The van der Waals surface area contributed by atoms with E-state index in [1.54, 1.807) is 0 Å². The van der Waals surface area contributed by atoms with Crippen LogP contribution >= 0.6 is 11.6 Å². The van der Waals surface area contributed by atoms with Gasteiger partial charge in [-0.25, -0.2) is 9.97 Å². The van der Waals surface area contributed by atoms with Crippen LogP contribution in [0.1, 0.15) is 22.4 Å². The molecule has 0 radical (unpaired) electrons. The topological polar surface area (TPSA) is 37.8 Å². The van der Waals surface area contributed by atoms with E-state index in [4.69, 9.17) is 11.6 Å². The Balaban J connectivity index is 1.81. The summed E-state index contributed by atoms with van der Waals surface area (Å²) in [6.07, 6.45) is -7.81. The lowest BCUT2D eigenvalue weighted by atomic mass is 10.1. The molecule has 3 nitrogen and oxygen atoms in total. The molecule has 0 aliphatic heterocycles. The number of anilines is 2. The molecule has 1 N–H and O–H groups in total. The Hall–Kier alpha value is -2.81. The summed E-state index contributed by atoms with van der Waals surface area (Å²) in [4.78, 5) is 7.94. The van der Waals surface area contributed by atoms with Gasteiger partial charge in [-0.1, -0.05) is 29.8 Å². The monoisotopic (exact) mass is 431 g/mol. The number of nitrogens with one attached hydrogen (secondary N) is 1. The lowest BCUT2D eigenvalue weighted by Crippen LogP contribution is -2.07. The van der Waals surface area contributed by atoms with Crippen LogP contribution in [0.4, 0.5) is 37.8 Å². The third-order valence-electron chi connectivity index (χ3n) is 3.91. The van der Waals surface area contributed by atoms with Gasteiger partial charge < -0.3 is 5.32 Å². The van der Waals surface area contributed by atoms with Crippen LogP contribution in [0.3, 0.4) is 0 Å². The van der Waals surface area contributed by atoms with Gasteiger partial charge in [-0.05, 0) is 29.8 Å². The van der Waals surface area contributed by atoms with Crippen molar-refractivity contribution in [2.45, 2.75) is 18.8 Å². The van der Waals surface area contributed by atoms with E-state index < -0.39 is 28.5 Å². The van der Waals surface area contributed by atoms with Crippen LogP contribution in [-0.2, 0) is 18.8 Å². The summed E-state index contributed by atoms with van der Waals surface area (Å²) in [5.41, 5.74) is -0.890. The van der Waals surface area contributed by atoms with E-state index >= 15 is 0 Å². The molecular weight excluding hydrogens is 420 g/mol. The Morgan fingerprint density at radius 2 is 1.62 bits per heavy atom. The third kappa shape index (κ3) is 5.38. The van der Waals surface area contributed by atoms with Gasteiger partial charge in [-0.15, -0.1) is 0 Å². The van der Waals surface area contributed by atoms with E-state index in [1.165, 1.54) is 30.6 Å². The number of aromatic nitrogens is 2. The first-order chi connectivity index (χ1) is 13.5. The van der Waals surface area contributed by atoms with Crippen molar-refractivity contribution in [3.8, 4) is 0 Å². The Bertz CT molecular complexity index is 1020. The molecule has 3 rings (SSSR count). The Morgan fingerprint density at radius 3 is 2.31 bits per heavy atom. The molecule has 0 atom stereocenters. The summed E-state index contributed by atoms with van der Waals surface area (Å²) < 4.78 is 77.4. The van der Waals surface area contributed by atoms with Crippen LogP contribution in [0.5, 0.6) is 0 Å². The summed E-state index contributed by atoms with van der Waals surface area (Å²) in [5.74, 6) is 0.192. The third-order valence-corrected chi connectivity index (χ3v) is 4.24. The smallest absolute Gasteiger partial charge is 0.340 e. The molecule has 0 saturated carbocycles. The molecule has 0 bridgehead atoms. The van der Waals surface area contributed by atoms with E-state index in [-0.39, 0.29) is 17.9 Å². The number of alkyl halides is 6. The predicted molar refractivity (Wildman–Crippen MR) is 96.0 cm³/mol. The van der Waals surface area contributed by atoms with E-state index in [0.29, 0.717) is 11.3 Å². The van der Waals surface area contributed by atoms with Gasteiger partial charge in [0, 0.05) is 18.2 Å². The average Bonchev–Trinajstić information content (AvgIpc) is 2.62. The number of halogens is 7. The van der Waals surface area contributed by atoms with E-state index in [2.05, 4.69) is 15.3 Å². The normalized spacial score (nSPS) is 12.1. The number of rotatable bonds is 4. The number of nitrogens with zero attached hydrogens (tertiary/aromatic N) is 2. The molecule has 2 aromatic carbocycles. The van der Waals surface area contributed by atoms with Gasteiger partial charge in [-0.2, -0.15) is 26.3 Å². The molecule has 1 aromatic heterocycles. The SMILES string of the molecule is FC(F)(F)c1cccc(Cc2cc(Nc3ccc(Cl)c(C(F)(F)F)c3)ncn2)c1. The lowest BCUT2D eigenvalue weighted by molar-refractivity contribution is -0.138. The highest BCUT2D eigenvalue weighted by Gasteiger charge is 2.33. The van der Waals surface area contributed by atoms with Gasteiger partial charge >= 0.3 is 12.4 Å². The van der Waals surface area contributed by atoms with E-state index in [9.17, 15) is 26.3 Å². The molecule has 0 fully saturated rings. The molecule has 0 spiro atoms. The van der Waals surface area contributed by atoms with Crippen LogP contribution in [0.15, 0.2) is 54.9 Å². The van der Waals surface area contributed by atoms with Crippen molar-refractivity contribution in [3.05, 3.63) is 82.3 Å². The quantitative estimate of drug-likeness (QED) is 0.479. The largest absolute Gasteiger partial charge is 0.417 e. The van der Waals surface area contributed by atoms with Crippen molar-refractivity contribution in [3.63, 3.8) is 0 Å². The summed E-state index contributed by atoms with van der Waals surface area (Å²) in [6, 6.07) is 9.56. The van der Waals surface area contributed by atoms with Crippen LogP contribution in [0.25, 0.3) is 0 Å². The van der Waals surface area contributed by atoms with Gasteiger partial charge in [0.05, 0.1) is 21.8 Å². The molecule has 0 aliphatic carbocycles. The standard InChI is InChI=1S/C19H12ClF6N3/c20-16-5-4-13(8-15(16)19(24,25)26)29-17-9-14(27-10-28-17)7-11-2-1-3-12(6-11)18(21,22)23/h1-6,8-10H,7H2,(H,27,28,29). The molecule has 0 aliphatic rings. The van der Waals surface area contributed by atoms with E-state index in [0.717, 1.165) is 24.3 Å². The molecule has 152 valence electrons. The second kappa shape index (κ2) is 7.90. The van der Waals surface area contributed by atoms with Crippen molar-refractivity contribution >= 4 is 23.1 Å². The molecule has 0 amide bonds. The number of benzene rings is 2. The Labute approximate surface area is 166 Å². The lowest BCUT2D eigenvalue weighted by Gasteiger charge is -2.12. The van der Waals surface area contributed by atoms with Crippen LogP contribution < -0.4 is 5.32 Å². The van der Waals surface area contributed by atoms with Crippen molar-refractivity contribution in [2.75, 3.05) is 5.32 Å². The van der Waals surface area contributed by atoms with Crippen molar-refractivity contribution < 1.29 is 26.3 Å². The second-order valence-corrected chi connectivity index (χ2v) is 6.49. The van der Waals surface area contributed by atoms with Crippen LogP contribution in [-0.4, -0.2) is 9.97 Å². The molecular formula is C19H12ClF6N3. The van der Waals surface area contributed by atoms with Crippen molar-refractivity contribution in [1.82, 2.24) is 9.97 Å². The first-order valence-electron chi connectivity index (χ1n) is 8.13. The molecule has 3 aromatic rings. The minimum absolute atomic E-state index is 0.0928. The van der Waals surface area contributed by atoms with E-state index in [1.807, 2.05) is 0 Å². The van der Waals surface area contributed by atoms with Crippen molar-refractivity contribution in [2.24, 2.45) is 0 Å². The minimum atomic E-state index is -4.62. The first-order valence-corrected chi connectivity index (χ1v) is 8.51. The molecule has 0 saturated heterocycles. The summed E-state index contributed by atoms with van der Waals surface area (Å²) >= 11 is 5.59. The Kier molecular flexibility index (Phi) is 5.70. The maximum absolute atomic E-state index is 13.0. The molecule has 29 heavy (non-hydrogen) atoms. The fourth-order valence-electron chi connectivity index (χ4n) is 2.60. The fourth-order valence-corrected chi connectivity index (χ4v) is 2.82. The number of hydrogen-bond acceptors (Lipinski definition) is 3. The number of hydrogen-bond donors (Lipinski definition) is 1. The molecule has 0 unspecified atom stereocenters. The maximum atomic E-state index is 13.0. The fraction of sp³-hybridized carbons (Fsp3) is 0.158. The summed E-state index contributed by atoms with van der Waals surface area (Å²) in [6.45, 7) is 0. The summed E-state index contributed by atoms with van der Waals surface area (Å²) in [5, 5.41) is 2.28. The first kappa shape index (κ1) is 20.9. The average molecular weight is 432 g/mol. The highest BCUT2D eigenvalue weighted by atomic mass is 35.5. The maximum Gasteiger partial charge on any atom is 0.417 e. The highest BCUT2D eigenvalue weighted by molar-refractivity contribution is 6.31. The van der Waals surface area contributed by atoms with Gasteiger partial charge in [0.1, 0.15) is 12.1 Å². The zero-order valence-corrected chi connectivity index (χ0v) is 15.2. The van der Waals surface area contributed by atoms with Crippen LogP contribution in [0, 0.1) is 0 Å². The zero-order valence-electron chi connectivity index (χ0n) is 14.4. The van der Waals surface area contributed by atoms with Gasteiger partial charge in [0.15, 0.2) is 0 Å². The second-order valence-electron chi connectivity index (χ2n) is 6.09. The van der Waals surface area contributed by atoms with Crippen molar-refractivity contribution in [1.29, 1.82) is 0 Å². The minimum Gasteiger partial charge on any atom is -0.340 e. The highest BCUT2D eigenvalue weighted by Crippen LogP contribution is 2.36. The van der Waals surface area contributed by atoms with Gasteiger partial charge in [0.2, 0.25) is 0 Å². The molecule has 10 heteroatoms. The predicted octanol–water partition coefficient (Wildman–Crippen LogP) is 6.50. The van der Waals surface area contributed by atoms with Gasteiger partial charge in [0.25, 0.3) is 0 Å². The van der Waals surface area contributed by atoms with Crippen LogP contribution in [0.2, 0.25) is 5.02 Å². The van der Waals surface area contributed by atoms with Gasteiger partial charge in [-0.3, -0.25) is 0 Å². The zero-order chi connectivity index (χ0) is 21.2. The summed E-state index contributed by atoms with van der Waals surface area (Å²) in [7, 11) is 0.